The summed E-state index contributed by atoms with van der Waals surface area (Å²) in [6.45, 7) is 2.01. The molecule has 0 heterocycles. The van der Waals surface area contributed by atoms with Crippen molar-refractivity contribution in [3.8, 4) is 0 Å². The maximum Gasteiger partial charge on any atom is 0.316 e. The van der Waals surface area contributed by atoms with Crippen molar-refractivity contribution in [3.05, 3.63) is 59.2 Å². The lowest BCUT2D eigenvalue weighted by Crippen LogP contribution is -2.27. The van der Waals surface area contributed by atoms with E-state index in [4.69, 9.17) is 5.73 Å². The molecule has 3 amide bonds. The number of benzene rings is 2. The van der Waals surface area contributed by atoms with Crippen LogP contribution in [0.2, 0.25) is 0 Å². The van der Waals surface area contributed by atoms with Crippen LogP contribution in [-0.2, 0) is 16.6 Å². The van der Waals surface area contributed by atoms with Gasteiger partial charge in [-0.15, -0.1) is 0 Å². The Morgan fingerprint density at radius 2 is 1.79 bits per heavy atom. The van der Waals surface area contributed by atoms with Crippen LogP contribution in [0, 0.1) is 6.92 Å². The second kappa shape index (κ2) is 7.99. The molecule has 28 heavy (non-hydrogen) atoms. The fourth-order valence-corrected chi connectivity index (χ4v) is 3.96. The minimum atomic E-state index is -3.63. The number of aryl methyl sites for hydroxylation is 1. The van der Waals surface area contributed by atoms with Crippen LogP contribution in [0.25, 0.3) is 0 Å². The molecule has 1 aliphatic rings. The molecule has 5 N–H and O–H groups in total. The third-order valence-corrected chi connectivity index (χ3v) is 5.86. The Morgan fingerprint density at radius 1 is 1.11 bits per heavy atom. The van der Waals surface area contributed by atoms with Crippen molar-refractivity contribution >= 4 is 27.6 Å². The molecule has 2 aromatic rings. The summed E-state index contributed by atoms with van der Waals surface area (Å²) in [7, 11) is -3.63. The van der Waals surface area contributed by atoms with Crippen molar-refractivity contribution in [2.45, 2.75) is 37.2 Å². The monoisotopic (exact) mass is 402 g/mol. The average molecular weight is 402 g/mol. The predicted molar refractivity (Wildman–Crippen MR) is 105 cm³/mol. The summed E-state index contributed by atoms with van der Waals surface area (Å²) in [5.41, 5.74) is 7.43. The van der Waals surface area contributed by atoms with E-state index in [0.29, 0.717) is 16.8 Å². The zero-order valence-electron chi connectivity index (χ0n) is 15.4. The Morgan fingerprint density at radius 3 is 2.39 bits per heavy atom. The molecule has 1 fully saturated rings. The molecule has 3 rings (SSSR count). The van der Waals surface area contributed by atoms with E-state index < -0.39 is 16.1 Å². The number of nitrogens with one attached hydrogen (secondary N) is 3. The number of carbonyl (C=O) groups is 2. The maximum absolute atomic E-state index is 12.6. The topological polar surface area (TPSA) is 130 Å². The minimum Gasteiger partial charge on any atom is -0.351 e. The van der Waals surface area contributed by atoms with Gasteiger partial charge in [-0.2, -0.15) is 0 Å². The lowest BCUT2D eigenvalue weighted by molar-refractivity contribution is 0.0950. The van der Waals surface area contributed by atoms with Gasteiger partial charge in [0, 0.05) is 23.8 Å². The second-order valence-electron chi connectivity index (χ2n) is 6.74. The number of rotatable bonds is 7. The van der Waals surface area contributed by atoms with E-state index in [9.17, 15) is 18.0 Å². The standard InChI is InChI=1S/C19H22N4O4S/c1-12-2-9-16(28(26,27)23-15-7-8-15)10-17(12)18(24)21-11-13-3-5-14(6-4-13)22-19(20)25/h2-6,9-10,15,23H,7-8,11H2,1H3,(H,21,24)(H3,20,22,25). The van der Waals surface area contributed by atoms with Crippen LogP contribution < -0.4 is 21.1 Å². The zero-order valence-corrected chi connectivity index (χ0v) is 16.2. The van der Waals surface area contributed by atoms with E-state index in [-0.39, 0.29) is 23.4 Å². The molecule has 0 saturated heterocycles. The predicted octanol–water partition coefficient (Wildman–Crippen LogP) is 1.86. The number of hydrogen-bond donors (Lipinski definition) is 4. The van der Waals surface area contributed by atoms with Crippen molar-refractivity contribution in [2.24, 2.45) is 5.73 Å². The Hall–Kier alpha value is -2.91. The molecule has 0 unspecified atom stereocenters. The van der Waals surface area contributed by atoms with Crippen LogP contribution in [-0.4, -0.2) is 26.4 Å². The van der Waals surface area contributed by atoms with E-state index in [1.807, 2.05) is 0 Å². The van der Waals surface area contributed by atoms with E-state index in [0.717, 1.165) is 18.4 Å². The van der Waals surface area contributed by atoms with Gasteiger partial charge in [0.2, 0.25) is 10.0 Å². The normalized spacial score (nSPS) is 13.8. The molecule has 0 bridgehead atoms. The first-order valence-electron chi connectivity index (χ1n) is 8.81. The van der Waals surface area contributed by atoms with Gasteiger partial charge in [0.25, 0.3) is 5.91 Å². The Bertz CT molecular complexity index is 999. The maximum atomic E-state index is 12.6. The van der Waals surface area contributed by atoms with Crippen molar-refractivity contribution in [1.29, 1.82) is 0 Å². The molecule has 0 aliphatic heterocycles. The van der Waals surface area contributed by atoms with Gasteiger partial charge in [-0.3, -0.25) is 4.79 Å². The van der Waals surface area contributed by atoms with Gasteiger partial charge in [-0.25, -0.2) is 17.9 Å². The molecule has 0 aromatic heterocycles. The Kier molecular flexibility index (Phi) is 5.66. The lowest BCUT2D eigenvalue weighted by atomic mass is 10.1. The molecular weight excluding hydrogens is 380 g/mol. The van der Waals surface area contributed by atoms with Gasteiger partial charge >= 0.3 is 6.03 Å². The number of carbonyl (C=O) groups excluding carboxylic acids is 2. The third-order valence-electron chi connectivity index (χ3n) is 4.34. The first kappa shape index (κ1) is 19.8. The summed E-state index contributed by atoms with van der Waals surface area (Å²) in [6, 6.07) is 10.7. The highest BCUT2D eigenvalue weighted by Gasteiger charge is 2.28. The van der Waals surface area contributed by atoms with Crippen LogP contribution in [0.4, 0.5) is 10.5 Å². The van der Waals surface area contributed by atoms with E-state index >= 15 is 0 Å². The molecule has 0 radical (unpaired) electrons. The fraction of sp³-hybridized carbons (Fsp3) is 0.263. The van der Waals surface area contributed by atoms with Gasteiger partial charge in [-0.1, -0.05) is 18.2 Å². The molecule has 2 aromatic carbocycles. The molecule has 8 nitrogen and oxygen atoms in total. The van der Waals surface area contributed by atoms with Crippen molar-refractivity contribution in [3.63, 3.8) is 0 Å². The van der Waals surface area contributed by atoms with Crippen LogP contribution in [0.1, 0.15) is 34.3 Å². The van der Waals surface area contributed by atoms with E-state index in [1.54, 1.807) is 37.3 Å². The number of urea groups is 1. The first-order valence-corrected chi connectivity index (χ1v) is 10.3. The number of sulfonamides is 1. The summed E-state index contributed by atoms with van der Waals surface area (Å²) in [5.74, 6) is -0.361. The quantitative estimate of drug-likeness (QED) is 0.563. The summed E-state index contributed by atoms with van der Waals surface area (Å²) in [4.78, 5) is 23.5. The van der Waals surface area contributed by atoms with Crippen molar-refractivity contribution in [1.82, 2.24) is 10.0 Å². The number of nitrogens with two attached hydrogens (primary N) is 1. The molecule has 0 atom stereocenters. The van der Waals surface area contributed by atoms with E-state index in [2.05, 4.69) is 15.4 Å². The summed E-state index contributed by atoms with van der Waals surface area (Å²) in [5, 5.41) is 5.24. The van der Waals surface area contributed by atoms with Crippen molar-refractivity contribution in [2.75, 3.05) is 5.32 Å². The van der Waals surface area contributed by atoms with Crippen LogP contribution in [0.3, 0.4) is 0 Å². The Labute approximate surface area is 163 Å². The van der Waals surface area contributed by atoms with Crippen LogP contribution in [0.5, 0.6) is 0 Å². The average Bonchev–Trinajstić information content (AvgIpc) is 3.44. The Balaban J connectivity index is 1.68. The van der Waals surface area contributed by atoms with Gasteiger partial charge in [0.05, 0.1) is 4.90 Å². The van der Waals surface area contributed by atoms with Crippen LogP contribution >= 0.6 is 0 Å². The van der Waals surface area contributed by atoms with Gasteiger partial charge in [0.15, 0.2) is 0 Å². The fourth-order valence-electron chi connectivity index (χ4n) is 2.63. The highest BCUT2D eigenvalue weighted by Crippen LogP contribution is 2.23. The first-order chi connectivity index (χ1) is 13.2. The van der Waals surface area contributed by atoms with E-state index in [1.165, 1.54) is 12.1 Å². The number of primary amides is 1. The summed E-state index contributed by atoms with van der Waals surface area (Å²) in [6.07, 6.45) is 1.68. The highest BCUT2D eigenvalue weighted by molar-refractivity contribution is 7.89. The summed E-state index contributed by atoms with van der Waals surface area (Å²) >= 11 is 0. The number of hydrogen-bond acceptors (Lipinski definition) is 4. The molecule has 0 spiro atoms. The van der Waals surface area contributed by atoms with Crippen LogP contribution in [0.15, 0.2) is 47.4 Å². The zero-order chi connectivity index (χ0) is 20.3. The van der Waals surface area contributed by atoms with Gasteiger partial charge in [-0.05, 0) is 55.2 Å². The minimum absolute atomic E-state index is 0.00407. The number of anilines is 1. The molecule has 1 saturated carbocycles. The number of amides is 3. The SMILES string of the molecule is Cc1ccc(S(=O)(=O)NC2CC2)cc1C(=O)NCc1ccc(NC(N)=O)cc1. The second-order valence-corrected chi connectivity index (χ2v) is 8.46. The smallest absolute Gasteiger partial charge is 0.316 e. The third kappa shape index (κ3) is 5.08. The molecular formula is C19H22N4O4S. The molecule has 1 aliphatic carbocycles. The molecule has 148 valence electrons. The lowest BCUT2D eigenvalue weighted by Gasteiger charge is -2.11. The molecule has 9 heteroatoms. The van der Waals surface area contributed by atoms with Gasteiger partial charge < -0.3 is 16.4 Å². The highest BCUT2D eigenvalue weighted by atomic mass is 32.2. The van der Waals surface area contributed by atoms with Gasteiger partial charge in [0.1, 0.15) is 0 Å². The summed E-state index contributed by atoms with van der Waals surface area (Å²) < 4.78 is 27.4. The van der Waals surface area contributed by atoms with Crippen molar-refractivity contribution < 1.29 is 18.0 Å². The largest absolute Gasteiger partial charge is 0.351 e.